The van der Waals surface area contributed by atoms with Crippen LogP contribution in [-0.2, 0) is 0 Å². The lowest BCUT2D eigenvalue weighted by molar-refractivity contribution is 1.28. The van der Waals surface area contributed by atoms with Crippen molar-refractivity contribution in [3.63, 3.8) is 0 Å². The van der Waals surface area contributed by atoms with Crippen molar-refractivity contribution in [3.8, 4) is 22.3 Å². The summed E-state index contributed by atoms with van der Waals surface area (Å²) >= 11 is 0. The second kappa shape index (κ2) is 10.6. The Morgan fingerprint density at radius 2 is 0.884 bits per heavy atom. The minimum absolute atomic E-state index is 1.12. The summed E-state index contributed by atoms with van der Waals surface area (Å²) in [5.74, 6) is 0. The summed E-state index contributed by atoms with van der Waals surface area (Å²) in [6.07, 6.45) is 0. The van der Waals surface area contributed by atoms with Gasteiger partial charge in [0, 0.05) is 17.1 Å². The molecule has 0 heterocycles. The molecule has 0 bridgehead atoms. The van der Waals surface area contributed by atoms with Gasteiger partial charge in [-0.3, -0.25) is 0 Å². The molecule has 0 radical (unpaired) electrons. The molecular weight excluding hydrogens is 518 g/mol. The lowest BCUT2D eigenvalue weighted by Gasteiger charge is -2.26. The lowest BCUT2D eigenvalue weighted by atomic mass is 9.93. The Kier molecular flexibility index (Phi) is 6.20. The fourth-order valence-corrected chi connectivity index (χ4v) is 6.30. The molecule has 1 nitrogen and oxygen atoms in total. The molecule has 0 spiro atoms. The zero-order valence-corrected chi connectivity index (χ0v) is 23.7. The number of para-hydroxylation sites is 1. The van der Waals surface area contributed by atoms with Gasteiger partial charge in [-0.05, 0) is 103 Å². The van der Waals surface area contributed by atoms with Crippen molar-refractivity contribution in [1.82, 2.24) is 0 Å². The van der Waals surface area contributed by atoms with Gasteiger partial charge in [-0.2, -0.15) is 0 Å². The molecule has 8 aromatic rings. The molecule has 0 aliphatic carbocycles. The Labute approximate surface area is 251 Å². The first kappa shape index (κ1) is 25.1. The summed E-state index contributed by atoms with van der Waals surface area (Å²) in [7, 11) is 0. The maximum absolute atomic E-state index is 2.34. The first-order valence-electron chi connectivity index (χ1n) is 14.8. The number of rotatable bonds is 5. The first-order valence-corrected chi connectivity index (χ1v) is 14.8. The number of benzene rings is 8. The van der Waals surface area contributed by atoms with Crippen molar-refractivity contribution in [2.75, 3.05) is 4.90 Å². The minimum Gasteiger partial charge on any atom is -0.310 e. The van der Waals surface area contributed by atoms with Crippen LogP contribution in [0.4, 0.5) is 17.1 Å². The van der Waals surface area contributed by atoms with E-state index in [-0.39, 0.29) is 0 Å². The van der Waals surface area contributed by atoms with Gasteiger partial charge >= 0.3 is 0 Å². The van der Waals surface area contributed by atoms with Gasteiger partial charge in [-0.25, -0.2) is 0 Å². The highest BCUT2D eigenvalue weighted by Crippen LogP contribution is 2.40. The predicted octanol–water partition coefficient (Wildman–Crippen LogP) is 11.9. The Hall–Kier alpha value is -5.66. The van der Waals surface area contributed by atoms with Crippen molar-refractivity contribution < 1.29 is 0 Å². The van der Waals surface area contributed by atoms with Crippen molar-refractivity contribution in [2.45, 2.75) is 0 Å². The number of hydrogen-bond acceptors (Lipinski definition) is 1. The number of nitrogens with zero attached hydrogens (tertiary/aromatic N) is 1. The average Bonchev–Trinajstić information content (AvgIpc) is 3.09. The SMILES string of the molecule is c1ccc(N(c2ccc(-c3ccc4ccccc4c3)cc2)c2cccc(-c3cc4ccccc4c4ccccc34)c2)cc1. The molecule has 1 heteroatoms. The maximum Gasteiger partial charge on any atom is 0.0467 e. The van der Waals surface area contributed by atoms with E-state index in [1.54, 1.807) is 0 Å². The number of fused-ring (bicyclic) bond motifs is 4. The molecule has 0 atom stereocenters. The van der Waals surface area contributed by atoms with Crippen LogP contribution in [0.1, 0.15) is 0 Å². The standard InChI is InChI=1S/C42H29N/c1-2-15-36(16-3-1)43(37-25-23-31(24-26-37)33-22-21-30-11-4-5-12-32(30)27-33)38-17-10-14-34(28-38)42-29-35-13-6-7-18-39(35)40-19-8-9-20-41(40)42/h1-29H. The molecule has 0 saturated heterocycles. The van der Waals surface area contributed by atoms with Crippen LogP contribution in [0.3, 0.4) is 0 Å². The van der Waals surface area contributed by atoms with Crippen molar-refractivity contribution in [3.05, 3.63) is 176 Å². The third-order valence-electron chi connectivity index (χ3n) is 8.41. The van der Waals surface area contributed by atoms with E-state index in [1.807, 2.05) is 0 Å². The molecule has 0 saturated carbocycles. The molecular formula is C42H29N. The fraction of sp³-hybridized carbons (Fsp3) is 0. The zero-order valence-electron chi connectivity index (χ0n) is 23.7. The third-order valence-corrected chi connectivity index (χ3v) is 8.41. The minimum atomic E-state index is 1.12. The van der Waals surface area contributed by atoms with Crippen molar-refractivity contribution in [2.24, 2.45) is 0 Å². The summed E-state index contributed by atoms with van der Waals surface area (Å²) in [6, 6.07) is 63.5. The highest BCUT2D eigenvalue weighted by Gasteiger charge is 2.15. The fourth-order valence-electron chi connectivity index (χ4n) is 6.30. The quantitative estimate of drug-likeness (QED) is 0.194. The van der Waals surface area contributed by atoms with Crippen LogP contribution in [0.15, 0.2) is 176 Å². The molecule has 8 aromatic carbocycles. The van der Waals surface area contributed by atoms with Gasteiger partial charge in [0.2, 0.25) is 0 Å². The van der Waals surface area contributed by atoms with Crippen molar-refractivity contribution >= 4 is 49.4 Å². The van der Waals surface area contributed by atoms with Crippen LogP contribution in [0.2, 0.25) is 0 Å². The smallest absolute Gasteiger partial charge is 0.0467 e. The van der Waals surface area contributed by atoms with Gasteiger partial charge in [-0.15, -0.1) is 0 Å². The topological polar surface area (TPSA) is 3.24 Å². The van der Waals surface area contributed by atoms with E-state index in [4.69, 9.17) is 0 Å². The average molecular weight is 548 g/mol. The Morgan fingerprint density at radius 1 is 0.279 bits per heavy atom. The molecule has 0 aliphatic heterocycles. The van der Waals surface area contributed by atoms with Crippen molar-refractivity contribution in [1.29, 1.82) is 0 Å². The van der Waals surface area contributed by atoms with Crippen LogP contribution in [0, 0.1) is 0 Å². The molecule has 0 N–H and O–H groups in total. The van der Waals surface area contributed by atoms with Crippen LogP contribution in [0.25, 0.3) is 54.6 Å². The predicted molar refractivity (Wildman–Crippen MR) is 185 cm³/mol. The molecule has 43 heavy (non-hydrogen) atoms. The monoisotopic (exact) mass is 547 g/mol. The Balaban J connectivity index is 1.24. The molecule has 8 rings (SSSR count). The van der Waals surface area contributed by atoms with E-state index in [0.29, 0.717) is 0 Å². The molecule has 0 amide bonds. The van der Waals surface area contributed by atoms with Crippen LogP contribution in [-0.4, -0.2) is 0 Å². The molecule has 0 fully saturated rings. The summed E-state index contributed by atoms with van der Waals surface area (Å²) < 4.78 is 0. The highest BCUT2D eigenvalue weighted by atomic mass is 15.1. The van der Waals surface area contributed by atoms with Gasteiger partial charge in [-0.1, -0.05) is 127 Å². The van der Waals surface area contributed by atoms with E-state index >= 15 is 0 Å². The Morgan fingerprint density at radius 3 is 1.70 bits per heavy atom. The highest BCUT2D eigenvalue weighted by molar-refractivity contribution is 6.13. The second-order valence-electron chi connectivity index (χ2n) is 11.0. The number of hydrogen-bond donors (Lipinski definition) is 0. The van der Waals surface area contributed by atoms with Crippen LogP contribution in [0.5, 0.6) is 0 Å². The lowest BCUT2D eigenvalue weighted by Crippen LogP contribution is -2.09. The zero-order chi connectivity index (χ0) is 28.6. The summed E-state index contributed by atoms with van der Waals surface area (Å²) in [5.41, 5.74) is 8.25. The molecule has 0 aromatic heterocycles. The normalized spacial score (nSPS) is 11.3. The summed E-state index contributed by atoms with van der Waals surface area (Å²) in [4.78, 5) is 2.34. The van der Waals surface area contributed by atoms with E-state index in [0.717, 1.165) is 17.1 Å². The van der Waals surface area contributed by atoms with E-state index < -0.39 is 0 Å². The second-order valence-corrected chi connectivity index (χ2v) is 11.0. The largest absolute Gasteiger partial charge is 0.310 e. The van der Waals surface area contributed by atoms with Gasteiger partial charge in [0.25, 0.3) is 0 Å². The van der Waals surface area contributed by atoms with E-state index in [9.17, 15) is 0 Å². The summed E-state index contributed by atoms with van der Waals surface area (Å²) in [5, 5.41) is 7.61. The maximum atomic E-state index is 2.34. The van der Waals surface area contributed by atoms with E-state index in [2.05, 4.69) is 181 Å². The van der Waals surface area contributed by atoms with Gasteiger partial charge in [0.15, 0.2) is 0 Å². The number of anilines is 3. The summed E-state index contributed by atoms with van der Waals surface area (Å²) in [6.45, 7) is 0. The molecule has 0 unspecified atom stereocenters. The van der Waals surface area contributed by atoms with Gasteiger partial charge < -0.3 is 4.90 Å². The Bertz CT molecular complexity index is 2230. The van der Waals surface area contributed by atoms with Crippen LogP contribution < -0.4 is 4.90 Å². The first-order chi connectivity index (χ1) is 21.3. The van der Waals surface area contributed by atoms with Gasteiger partial charge in [0.05, 0.1) is 0 Å². The molecule has 0 aliphatic rings. The molecule has 202 valence electrons. The van der Waals surface area contributed by atoms with Crippen LogP contribution >= 0.6 is 0 Å². The van der Waals surface area contributed by atoms with E-state index in [1.165, 1.54) is 54.6 Å². The third kappa shape index (κ3) is 4.62. The van der Waals surface area contributed by atoms with Gasteiger partial charge in [0.1, 0.15) is 0 Å².